The topological polar surface area (TPSA) is 49.8 Å². The summed E-state index contributed by atoms with van der Waals surface area (Å²) in [5, 5.41) is 9.08. The van der Waals surface area contributed by atoms with Gasteiger partial charge in [-0.25, -0.2) is 4.39 Å². The van der Waals surface area contributed by atoms with E-state index < -0.39 is 18.3 Å². The first kappa shape index (κ1) is 14.9. The quantitative estimate of drug-likeness (QED) is 0.890. The van der Waals surface area contributed by atoms with Crippen molar-refractivity contribution in [2.45, 2.75) is 31.5 Å². The molecule has 0 aromatic heterocycles. The van der Waals surface area contributed by atoms with Crippen molar-refractivity contribution in [3.63, 3.8) is 0 Å². The second-order valence-corrected chi connectivity index (χ2v) is 5.24. The second kappa shape index (κ2) is 6.33. The van der Waals surface area contributed by atoms with Crippen molar-refractivity contribution in [1.82, 2.24) is 4.90 Å². The number of alkyl halides is 1. The van der Waals surface area contributed by atoms with Crippen molar-refractivity contribution in [1.29, 1.82) is 0 Å². The maximum absolute atomic E-state index is 13.1. The summed E-state index contributed by atoms with van der Waals surface area (Å²) in [6.45, 7) is 1.40. The highest BCUT2D eigenvalue weighted by molar-refractivity contribution is 5.85. The van der Waals surface area contributed by atoms with Crippen LogP contribution in [0.15, 0.2) is 30.3 Å². The highest BCUT2D eigenvalue weighted by atomic mass is 19.1. The average molecular weight is 281 g/mol. The zero-order chi connectivity index (χ0) is 14.6. The van der Waals surface area contributed by atoms with Crippen LogP contribution in [0.3, 0.4) is 0 Å². The van der Waals surface area contributed by atoms with Crippen molar-refractivity contribution in [2.75, 3.05) is 19.9 Å². The van der Waals surface area contributed by atoms with Gasteiger partial charge in [0.2, 0.25) is 0 Å². The molecule has 1 aromatic rings. The lowest BCUT2D eigenvalue weighted by Crippen LogP contribution is -2.60. The summed E-state index contributed by atoms with van der Waals surface area (Å²) in [5.41, 5.74) is -0.109. The summed E-state index contributed by atoms with van der Waals surface area (Å²) in [5.74, 6) is -0.260. The Bertz CT molecular complexity index is 454. The van der Waals surface area contributed by atoms with Crippen LogP contribution in [-0.4, -0.2) is 47.4 Å². The van der Waals surface area contributed by atoms with E-state index in [0.717, 1.165) is 5.56 Å². The molecule has 20 heavy (non-hydrogen) atoms. The Morgan fingerprint density at radius 1 is 1.45 bits per heavy atom. The number of halogens is 1. The van der Waals surface area contributed by atoms with Crippen molar-refractivity contribution in [2.24, 2.45) is 0 Å². The number of ether oxygens (including phenoxy) is 1. The van der Waals surface area contributed by atoms with Crippen LogP contribution in [0.5, 0.6) is 0 Å². The third-order valence-electron chi connectivity index (χ3n) is 3.71. The minimum atomic E-state index is -1.06. The fraction of sp³-hybridized carbons (Fsp3) is 0.533. The highest BCUT2D eigenvalue weighted by Crippen LogP contribution is 2.27. The normalized spacial score (nSPS) is 26.9. The minimum absolute atomic E-state index is 0.137. The predicted molar refractivity (Wildman–Crippen MR) is 72.8 cm³/mol. The third-order valence-corrected chi connectivity index (χ3v) is 3.71. The van der Waals surface area contributed by atoms with Gasteiger partial charge in [-0.15, -0.1) is 0 Å². The molecular formula is C15H20FNO3. The number of amides is 1. The molecule has 0 aliphatic carbocycles. The zero-order valence-electron chi connectivity index (χ0n) is 11.6. The van der Waals surface area contributed by atoms with Gasteiger partial charge in [-0.05, 0) is 12.5 Å². The molecule has 2 unspecified atom stereocenters. The van der Waals surface area contributed by atoms with E-state index in [0.29, 0.717) is 6.54 Å². The van der Waals surface area contributed by atoms with Gasteiger partial charge in [-0.2, -0.15) is 0 Å². The summed E-state index contributed by atoms with van der Waals surface area (Å²) in [6, 6.07) is 8.92. The molecule has 4 nitrogen and oxygen atoms in total. The number of rotatable bonds is 5. The first-order chi connectivity index (χ1) is 9.60. The largest absolute Gasteiger partial charge is 0.396 e. The van der Waals surface area contributed by atoms with Gasteiger partial charge in [-0.3, -0.25) is 4.79 Å². The van der Waals surface area contributed by atoms with E-state index in [-0.39, 0.29) is 25.5 Å². The Labute approximate surface area is 118 Å². The Morgan fingerprint density at radius 3 is 2.75 bits per heavy atom. The Morgan fingerprint density at radius 2 is 2.15 bits per heavy atom. The van der Waals surface area contributed by atoms with Gasteiger partial charge >= 0.3 is 0 Å². The number of hydrogen-bond donors (Lipinski definition) is 1. The Kier molecular flexibility index (Phi) is 4.73. The second-order valence-electron chi connectivity index (χ2n) is 5.24. The molecule has 1 aliphatic rings. The molecule has 1 saturated heterocycles. The maximum Gasteiger partial charge on any atom is 0.255 e. The molecule has 1 heterocycles. The molecule has 0 radical (unpaired) electrons. The number of hydrogen-bond acceptors (Lipinski definition) is 3. The number of benzene rings is 1. The number of carbonyl (C=O) groups excluding carboxylic acids is 1. The number of morpholine rings is 1. The SMILES string of the molecule is CC1(CCO)OCC(CF)N(Cc2ccccc2)C1=O. The van der Waals surface area contributed by atoms with Crippen molar-refractivity contribution < 1.29 is 19.0 Å². The summed E-state index contributed by atoms with van der Waals surface area (Å²) in [6.07, 6.45) is 0.218. The fourth-order valence-electron chi connectivity index (χ4n) is 2.40. The molecule has 1 fully saturated rings. The Hall–Kier alpha value is -1.46. The molecule has 0 saturated carbocycles. The van der Waals surface area contributed by atoms with E-state index in [9.17, 15) is 9.18 Å². The molecule has 2 atom stereocenters. The zero-order valence-corrected chi connectivity index (χ0v) is 11.6. The van der Waals surface area contributed by atoms with Gasteiger partial charge in [0.05, 0.1) is 12.6 Å². The van der Waals surface area contributed by atoms with Crippen LogP contribution < -0.4 is 0 Å². The van der Waals surface area contributed by atoms with Gasteiger partial charge in [-0.1, -0.05) is 30.3 Å². The highest BCUT2D eigenvalue weighted by Gasteiger charge is 2.44. The summed E-state index contributed by atoms with van der Waals surface area (Å²) in [4.78, 5) is 14.1. The van der Waals surface area contributed by atoms with Crippen LogP contribution in [0.1, 0.15) is 18.9 Å². The molecule has 1 amide bonds. The van der Waals surface area contributed by atoms with E-state index in [1.165, 1.54) is 4.90 Å². The maximum atomic E-state index is 13.1. The summed E-state index contributed by atoms with van der Waals surface area (Å²) >= 11 is 0. The lowest BCUT2D eigenvalue weighted by Gasteiger charge is -2.43. The van der Waals surface area contributed by atoms with Crippen LogP contribution in [0.25, 0.3) is 0 Å². The van der Waals surface area contributed by atoms with E-state index >= 15 is 0 Å². The fourth-order valence-corrected chi connectivity index (χ4v) is 2.40. The first-order valence-corrected chi connectivity index (χ1v) is 6.76. The van der Waals surface area contributed by atoms with Gasteiger partial charge in [0.1, 0.15) is 12.3 Å². The molecule has 1 aliphatic heterocycles. The van der Waals surface area contributed by atoms with E-state index in [1.54, 1.807) is 6.92 Å². The van der Waals surface area contributed by atoms with Crippen molar-refractivity contribution in [3.05, 3.63) is 35.9 Å². The van der Waals surface area contributed by atoms with Crippen molar-refractivity contribution >= 4 is 5.91 Å². The lowest BCUT2D eigenvalue weighted by molar-refractivity contribution is -0.181. The van der Waals surface area contributed by atoms with Crippen LogP contribution in [0.4, 0.5) is 4.39 Å². The molecule has 0 bridgehead atoms. The van der Waals surface area contributed by atoms with Crippen LogP contribution >= 0.6 is 0 Å². The molecular weight excluding hydrogens is 261 g/mol. The van der Waals surface area contributed by atoms with Gasteiger partial charge < -0.3 is 14.7 Å². The van der Waals surface area contributed by atoms with Crippen LogP contribution in [0.2, 0.25) is 0 Å². The van der Waals surface area contributed by atoms with Crippen LogP contribution in [0, 0.1) is 0 Å². The standard InChI is InChI=1S/C15H20FNO3/c1-15(7-8-18)14(19)17(13(9-16)11-20-15)10-12-5-3-2-4-6-12/h2-6,13,18H,7-11H2,1H3. The summed E-state index contributed by atoms with van der Waals surface area (Å²) in [7, 11) is 0. The molecule has 2 rings (SSSR count). The van der Waals surface area contributed by atoms with Gasteiger partial charge in [0.15, 0.2) is 0 Å². The minimum Gasteiger partial charge on any atom is -0.396 e. The molecule has 1 aromatic carbocycles. The molecule has 5 heteroatoms. The number of carbonyl (C=O) groups is 1. The Balaban J connectivity index is 2.19. The average Bonchev–Trinajstić information content (AvgIpc) is 2.46. The number of aliphatic hydroxyl groups is 1. The summed E-state index contributed by atoms with van der Waals surface area (Å²) < 4.78 is 18.6. The van der Waals surface area contributed by atoms with Gasteiger partial charge in [0.25, 0.3) is 5.91 Å². The third kappa shape index (κ3) is 2.99. The first-order valence-electron chi connectivity index (χ1n) is 6.76. The monoisotopic (exact) mass is 281 g/mol. The number of nitrogens with zero attached hydrogens (tertiary/aromatic N) is 1. The molecule has 1 N–H and O–H groups in total. The lowest BCUT2D eigenvalue weighted by atomic mass is 9.96. The predicted octanol–water partition coefficient (Wildman–Crippen LogP) is 1.52. The smallest absolute Gasteiger partial charge is 0.255 e. The van der Waals surface area contributed by atoms with Gasteiger partial charge in [0, 0.05) is 19.6 Å². The van der Waals surface area contributed by atoms with Crippen LogP contribution in [-0.2, 0) is 16.1 Å². The number of aliphatic hydroxyl groups excluding tert-OH is 1. The molecule has 110 valence electrons. The van der Waals surface area contributed by atoms with E-state index in [2.05, 4.69) is 0 Å². The molecule has 0 spiro atoms. The van der Waals surface area contributed by atoms with E-state index in [1.807, 2.05) is 30.3 Å². The van der Waals surface area contributed by atoms with Crippen molar-refractivity contribution in [3.8, 4) is 0 Å². The van der Waals surface area contributed by atoms with E-state index in [4.69, 9.17) is 9.84 Å².